The number of halogens is 1. The molecule has 5 nitrogen and oxygen atoms in total. The van der Waals surface area contributed by atoms with Gasteiger partial charge in [0, 0.05) is 37.4 Å². The lowest BCUT2D eigenvalue weighted by Crippen LogP contribution is -2.53. The van der Waals surface area contributed by atoms with E-state index in [0.717, 1.165) is 51.1 Å². The Kier molecular flexibility index (Phi) is 4.89. The highest BCUT2D eigenvalue weighted by molar-refractivity contribution is 5.80. The number of carbonyl (C=O) groups excluding carboxylic acids is 1. The molecule has 4 rings (SSSR count). The number of nitrogens with zero attached hydrogens (tertiary/aromatic N) is 3. The highest BCUT2D eigenvalue weighted by Gasteiger charge is 2.54. The van der Waals surface area contributed by atoms with Crippen LogP contribution in [0.1, 0.15) is 33.1 Å². The van der Waals surface area contributed by atoms with E-state index in [-0.39, 0.29) is 22.8 Å². The van der Waals surface area contributed by atoms with Crippen LogP contribution in [0.4, 0.5) is 10.1 Å². The second-order valence-electron chi connectivity index (χ2n) is 8.82. The molecule has 1 amide bonds. The molecule has 1 aromatic rings. The third kappa shape index (κ3) is 3.57. The molecule has 148 valence electrons. The van der Waals surface area contributed by atoms with Crippen molar-refractivity contribution < 1.29 is 13.9 Å². The van der Waals surface area contributed by atoms with Crippen LogP contribution >= 0.6 is 0 Å². The van der Waals surface area contributed by atoms with Gasteiger partial charge >= 0.3 is 0 Å². The van der Waals surface area contributed by atoms with Crippen molar-refractivity contribution in [3.8, 4) is 0 Å². The maximum Gasteiger partial charge on any atom is 0.237 e. The van der Waals surface area contributed by atoms with Gasteiger partial charge in [0.15, 0.2) is 0 Å². The minimum Gasteiger partial charge on any atom is -0.379 e. The average molecular weight is 375 g/mol. The SMILES string of the molecule is CC1(C)CC2(CCCN2C(=O)CN2CCOCC2)CN1c1cccc(F)c1. The Morgan fingerprint density at radius 3 is 2.74 bits per heavy atom. The first-order valence-corrected chi connectivity index (χ1v) is 10.0. The summed E-state index contributed by atoms with van der Waals surface area (Å²) in [5.41, 5.74) is 0.652. The predicted molar refractivity (Wildman–Crippen MR) is 103 cm³/mol. The smallest absolute Gasteiger partial charge is 0.237 e. The molecule has 0 saturated carbocycles. The molecule has 6 heteroatoms. The first-order chi connectivity index (χ1) is 12.9. The minimum atomic E-state index is -0.212. The van der Waals surface area contributed by atoms with Crippen LogP contribution in [-0.2, 0) is 9.53 Å². The molecular weight excluding hydrogens is 345 g/mol. The molecule has 3 aliphatic rings. The summed E-state index contributed by atoms with van der Waals surface area (Å²) in [4.78, 5) is 19.8. The van der Waals surface area contributed by atoms with Crippen LogP contribution in [0.2, 0.25) is 0 Å². The predicted octanol–water partition coefficient (Wildman–Crippen LogP) is 2.51. The highest BCUT2D eigenvalue weighted by Crippen LogP contribution is 2.47. The lowest BCUT2D eigenvalue weighted by Gasteiger charge is -2.37. The molecule has 0 N–H and O–H groups in total. The third-order valence-corrected chi connectivity index (χ3v) is 6.42. The molecule has 1 spiro atoms. The Morgan fingerprint density at radius 1 is 1.22 bits per heavy atom. The summed E-state index contributed by atoms with van der Waals surface area (Å²) >= 11 is 0. The third-order valence-electron chi connectivity index (χ3n) is 6.42. The zero-order valence-corrected chi connectivity index (χ0v) is 16.4. The molecule has 0 aliphatic carbocycles. The fourth-order valence-electron chi connectivity index (χ4n) is 5.26. The second kappa shape index (κ2) is 7.06. The van der Waals surface area contributed by atoms with E-state index in [0.29, 0.717) is 19.8 Å². The molecule has 3 aliphatic heterocycles. The number of benzene rings is 1. The molecular formula is C21H30FN3O2. The first kappa shape index (κ1) is 18.7. The van der Waals surface area contributed by atoms with E-state index in [9.17, 15) is 9.18 Å². The van der Waals surface area contributed by atoms with Gasteiger partial charge in [0.1, 0.15) is 5.82 Å². The number of hydrogen-bond donors (Lipinski definition) is 0. The van der Waals surface area contributed by atoms with Gasteiger partial charge in [-0.05, 0) is 51.3 Å². The molecule has 0 aromatic heterocycles. The summed E-state index contributed by atoms with van der Waals surface area (Å²) in [6.45, 7) is 9.56. The fraction of sp³-hybridized carbons (Fsp3) is 0.667. The van der Waals surface area contributed by atoms with E-state index in [1.54, 1.807) is 12.1 Å². The van der Waals surface area contributed by atoms with Crippen LogP contribution < -0.4 is 4.90 Å². The quantitative estimate of drug-likeness (QED) is 0.813. The van der Waals surface area contributed by atoms with Crippen LogP contribution in [0.3, 0.4) is 0 Å². The van der Waals surface area contributed by atoms with Gasteiger partial charge in [0.05, 0.1) is 25.3 Å². The molecule has 1 atom stereocenters. The van der Waals surface area contributed by atoms with Gasteiger partial charge in [-0.1, -0.05) is 6.07 Å². The van der Waals surface area contributed by atoms with Crippen molar-refractivity contribution in [3.63, 3.8) is 0 Å². The molecule has 0 radical (unpaired) electrons. The van der Waals surface area contributed by atoms with Crippen molar-refractivity contribution in [2.24, 2.45) is 0 Å². The second-order valence-corrected chi connectivity index (χ2v) is 8.82. The Balaban J connectivity index is 1.53. The highest BCUT2D eigenvalue weighted by atomic mass is 19.1. The van der Waals surface area contributed by atoms with Crippen LogP contribution in [0, 0.1) is 5.82 Å². The van der Waals surface area contributed by atoms with E-state index >= 15 is 0 Å². The molecule has 1 aromatic carbocycles. The lowest BCUT2D eigenvalue weighted by atomic mass is 9.87. The van der Waals surface area contributed by atoms with Crippen LogP contribution in [0.15, 0.2) is 24.3 Å². The number of rotatable bonds is 3. The minimum absolute atomic E-state index is 0.115. The van der Waals surface area contributed by atoms with Gasteiger partial charge in [-0.2, -0.15) is 0 Å². The van der Waals surface area contributed by atoms with Gasteiger partial charge in [-0.3, -0.25) is 9.69 Å². The standard InChI is InChI=1S/C21H30FN3O2/c1-20(2)15-21(16-25(20)18-6-3-5-17(22)13-18)7-4-8-24(21)19(26)14-23-9-11-27-12-10-23/h3,5-6,13H,4,7-12,14-16H2,1-2H3. The Hall–Kier alpha value is -1.66. The number of hydrogen-bond acceptors (Lipinski definition) is 4. The number of ether oxygens (including phenoxy) is 1. The van der Waals surface area contributed by atoms with Crippen molar-refractivity contribution in [1.29, 1.82) is 0 Å². The van der Waals surface area contributed by atoms with Crippen molar-refractivity contribution >= 4 is 11.6 Å². The summed E-state index contributed by atoms with van der Waals surface area (Å²) in [6.07, 6.45) is 2.99. The van der Waals surface area contributed by atoms with Gasteiger partial charge in [-0.25, -0.2) is 4.39 Å². The normalized spacial score (nSPS) is 28.3. The van der Waals surface area contributed by atoms with Crippen LogP contribution in [-0.4, -0.2) is 72.7 Å². The average Bonchev–Trinajstić information content (AvgIpc) is 3.15. The van der Waals surface area contributed by atoms with Crippen molar-refractivity contribution in [1.82, 2.24) is 9.80 Å². The molecule has 3 fully saturated rings. The summed E-state index contributed by atoms with van der Waals surface area (Å²) < 4.78 is 19.2. The first-order valence-electron chi connectivity index (χ1n) is 10.0. The van der Waals surface area contributed by atoms with E-state index in [1.807, 2.05) is 6.07 Å². The zero-order chi connectivity index (χ0) is 19.1. The van der Waals surface area contributed by atoms with E-state index in [1.165, 1.54) is 6.07 Å². The van der Waals surface area contributed by atoms with E-state index in [2.05, 4.69) is 28.5 Å². The van der Waals surface area contributed by atoms with Gasteiger partial charge in [0.2, 0.25) is 5.91 Å². The van der Waals surface area contributed by atoms with Crippen molar-refractivity contribution in [2.75, 3.05) is 50.8 Å². The van der Waals surface area contributed by atoms with Gasteiger partial charge < -0.3 is 14.5 Å². The molecule has 0 bridgehead atoms. The molecule has 3 saturated heterocycles. The number of morpholine rings is 1. The Bertz CT molecular complexity index is 704. The molecule has 1 unspecified atom stereocenters. The monoisotopic (exact) mass is 375 g/mol. The van der Waals surface area contributed by atoms with Crippen LogP contribution in [0.5, 0.6) is 0 Å². The fourth-order valence-corrected chi connectivity index (χ4v) is 5.26. The number of carbonyl (C=O) groups is 1. The Labute approximate surface area is 161 Å². The number of anilines is 1. The van der Waals surface area contributed by atoms with Crippen molar-refractivity contribution in [3.05, 3.63) is 30.1 Å². The topological polar surface area (TPSA) is 36.0 Å². The van der Waals surface area contributed by atoms with Gasteiger partial charge in [0.25, 0.3) is 0 Å². The summed E-state index contributed by atoms with van der Waals surface area (Å²) in [7, 11) is 0. The molecule has 3 heterocycles. The molecule has 27 heavy (non-hydrogen) atoms. The number of likely N-dealkylation sites (tertiary alicyclic amines) is 1. The Morgan fingerprint density at radius 2 is 2.00 bits per heavy atom. The zero-order valence-electron chi connectivity index (χ0n) is 16.4. The largest absolute Gasteiger partial charge is 0.379 e. The summed E-state index contributed by atoms with van der Waals surface area (Å²) in [5, 5.41) is 0. The van der Waals surface area contributed by atoms with E-state index < -0.39 is 0 Å². The maximum atomic E-state index is 13.8. The maximum absolute atomic E-state index is 13.8. The van der Waals surface area contributed by atoms with Crippen molar-refractivity contribution in [2.45, 2.75) is 44.2 Å². The van der Waals surface area contributed by atoms with E-state index in [4.69, 9.17) is 4.74 Å². The summed E-state index contributed by atoms with van der Waals surface area (Å²) in [5.74, 6) is 0.0159. The lowest BCUT2D eigenvalue weighted by molar-refractivity contribution is -0.137. The number of amides is 1. The summed E-state index contributed by atoms with van der Waals surface area (Å²) in [6, 6.07) is 6.83. The van der Waals surface area contributed by atoms with Gasteiger partial charge in [-0.15, -0.1) is 0 Å². The van der Waals surface area contributed by atoms with Crippen LogP contribution in [0.25, 0.3) is 0 Å².